The fourth-order valence-corrected chi connectivity index (χ4v) is 2.96. The standard InChI is InChI=1S/C14H11N3O7.C12H10/c1-8(18)24-11-5-4-9(7-10(11)17(21)22)13(19)15-16-14(20)12-3-2-6-23-12;1-3-7-11(8-4-1)12-9-5-2-6-10-12/h2-7H,1H3,(H,15,19)(H,16,20);1-10H. The third kappa shape index (κ3) is 7.12. The van der Waals surface area contributed by atoms with Crippen LogP contribution in [0.15, 0.2) is 102 Å². The van der Waals surface area contributed by atoms with Gasteiger partial charge < -0.3 is 9.15 Å². The number of carbonyl (C=O) groups is 3. The van der Waals surface area contributed by atoms with E-state index >= 15 is 0 Å². The van der Waals surface area contributed by atoms with Crippen molar-refractivity contribution in [3.8, 4) is 16.9 Å². The molecule has 2 N–H and O–H groups in total. The topological polar surface area (TPSA) is 141 Å². The Hall–Kier alpha value is -5.25. The van der Waals surface area contributed by atoms with Gasteiger partial charge in [0, 0.05) is 18.6 Å². The second-order valence-corrected chi connectivity index (χ2v) is 7.15. The molecule has 0 unspecified atom stereocenters. The van der Waals surface area contributed by atoms with Gasteiger partial charge in [-0.1, -0.05) is 60.7 Å². The summed E-state index contributed by atoms with van der Waals surface area (Å²) >= 11 is 0. The fourth-order valence-electron chi connectivity index (χ4n) is 2.96. The summed E-state index contributed by atoms with van der Waals surface area (Å²) in [4.78, 5) is 44.7. The molecule has 10 nitrogen and oxygen atoms in total. The maximum Gasteiger partial charge on any atom is 0.312 e. The summed E-state index contributed by atoms with van der Waals surface area (Å²) in [5, 5.41) is 11.0. The molecule has 4 rings (SSSR count). The largest absolute Gasteiger partial charge is 0.459 e. The molecule has 1 aromatic heterocycles. The number of amides is 2. The summed E-state index contributed by atoms with van der Waals surface area (Å²) in [6.45, 7) is 1.09. The predicted molar refractivity (Wildman–Crippen MR) is 130 cm³/mol. The molecule has 0 saturated heterocycles. The average Bonchev–Trinajstić information content (AvgIpc) is 3.44. The summed E-state index contributed by atoms with van der Waals surface area (Å²) in [5.74, 6) is -2.54. The molecule has 0 radical (unpaired) electrons. The third-order valence-electron chi connectivity index (χ3n) is 4.59. The van der Waals surface area contributed by atoms with Crippen molar-refractivity contribution < 1.29 is 28.5 Å². The lowest BCUT2D eigenvalue weighted by Gasteiger charge is -2.07. The van der Waals surface area contributed by atoms with Gasteiger partial charge in [-0.05, 0) is 35.4 Å². The van der Waals surface area contributed by atoms with Crippen molar-refractivity contribution in [1.29, 1.82) is 0 Å². The molecule has 36 heavy (non-hydrogen) atoms. The maximum atomic E-state index is 11.9. The summed E-state index contributed by atoms with van der Waals surface area (Å²) < 4.78 is 9.53. The Morgan fingerprint density at radius 1 is 0.806 bits per heavy atom. The van der Waals surface area contributed by atoms with Crippen LogP contribution in [0.1, 0.15) is 27.8 Å². The van der Waals surface area contributed by atoms with Crippen molar-refractivity contribution in [3.63, 3.8) is 0 Å². The van der Waals surface area contributed by atoms with Crippen LogP contribution in [0.5, 0.6) is 5.75 Å². The van der Waals surface area contributed by atoms with Crippen molar-refractivity contribution >= 4 is 23.5 Å². The molecule has 182 valence electrons. The van der Waals surface area contributed by atoms with E-state index in [4.69, 9.17) is 9.15 Å². The van der Waals surface area contributed by atoms with E-state index in [0.717, 1.165) is 19.1 Å². The smallest absolute Gasteiger partial charge is 0.312 e. The molecule has 0 bridgehead atoms. The molecule has 10 heteroatoms. The molecule has 4 aromatic rings. The van der Waals surface area contributed by atoms with Crippen LogP contribution in [0.2, 0.25) is 0 Å². The number of nitrogens with zero attached hydrogens (tertiary/aromatic N) is 1. The monoisotopic (exact) mass is 487 g/mol. The van der Waals surface area contributed by atoms with Crippen LogP contribution in [0.25, 0.3) is 11.1 Å². The molecule has 0 aliphatic rings. The average molecular weight is 487 g/mol. The second kappa shape index (κ2) is 12.3. The Kier molecular flexibility index (Phi) is 8.66. The lowest BCUT2D eigenvalue weighted by atomic mass is 10.1. The van der Waals surface area contributed by atoms with Crippen LogP contribution in [0.3, 0.4) is 0 Å². The first-order valence-corrected chi connectivity index (χ1v) is 10.6. The van der Waals surface area contributed by atoms with Crippen molar-refractivity contribution in [2.45, 2.75) is 6.92 Å². The Bertz CT molecular complexity index is 1300. The van der Waals surface area contributed by atoms with E-state index < -0.39 is 28.4 Å². The van der Waals surface area contributed by atoms with Crippen molar-refractivity contribution in [3.05, 3.63) is 119 Å². The zero-order chi connectivity index (χ0) is 25.9. The van der Waals surface area contributed by atoms with Crippen LogP contribution in [0, 0.1) is 10.1 Å². The first-order valence-electron chi connectivity index (χ1n) is 10.6. The number of hydrogen-bond donors (Lipinski definition) is 2. The molecule has 0 aliphatic heterocycles. The number of hydrogen-bond acceptors (Lipinski definition) is 7. The number of carbonyl (C=O) groups excluding carboxylic acids is 3. The van der Waals surface area contributed by atoms with Gasteiger partial charge in [0.1, 0.15) is 0 Å². The number of benzene rings is 3. The van der Waals surface area contributed by atoms with Crippen LogP contribution in [0.4, 0.5) is 5.69 Å². The van der Waals surface area contributed by atoms with Crippen molar-refractivity contribution in [2.24, 2.45) is 0 Å². The summed E-state index contributed by atoms with van der Waals surface area (Å²) in [6.07, 6.45) is 1.29. The molecule has 3 aromatic carbocycles. The van der Waals surface area contributed by atoms with E-state index in [9.17, 15) is 24.5 Å². The van der Waals surface area contributed by atoms with E-state index in [1.54, 1.807) is 0 Å². The van der Waals surface area contributed by atoms with Gasteiger partial charge in [-0.3, -0.25) is 35.3 Å². The van der Waals surface area contributed by atoms with Crippen LogP contribution in [-0.2, 0) is 4.79 Å². The SMILES string of the molecule is CC(=O)Oc1ccc(C(=O)NNC(=O)c2ccco2)cc1[N+](=O)[O-].c1ccc(-c2ccccc2)cc1. The lowest BCUT2D eigenvalue weighted by molar-refractivity contribution is -0.385. The number of nitro groups is 1. The zero-order valence-corrected chi connectivity index (χ0v) is 19.0. The zero-order valence-electron chi connectivity index (χ0n) is 19.0. The highest BCUT2D eigenvalue weighted by Crippen LogP contribution is 2.28. The van der Waals surface area contributed by atoms with Gasteiger partial charge in [0.15, 0.2) is 5.76 Å². The Morgan fingerprint density at radius 3 is 1.89 bits per heavy atom. The van der Waals surface area contributed by atoms with Crippen molar-refractivity contribution in [1.82, 2.24) is 10.9 Å². The minimum absolute atomic E-state index is 0.0218. The number of furan rings is 1. The van der Waals surface area contributed by atoms with Gasteiger partial charge in [-0.2, -0.15) is 0 Å². The number of nitrogens with one attached hydrogen (secondary N) is 2. The van der Waals surface area contributed by atoms with Gasteiger partial charge >= 0.3 is 17.6 Å². The van der Waals surface area contributed by atoms with Gasteiger partial charge in [0.2, 0.25) is 5.75 Å². The van der Waals surface area contributed by atoms with Gasteiger partial charge in [-0.25, -0.2) is 0 Å². The molecular weight excluding hydrogens is 466 g/mol. The molecule has 0 spiro atoms. The number of hydrazine groups is 1. The number of rotatable bonds is 5. The quantitative estimate of drug-likeness (QED) is 0.182. The minimum Gasteiger partial charge on any atom is -0.459 e. The first-order chi connectivity index (χ1) is 17.3. The highest BCUT2D eigenvalue weighted by atomic mass is 16.6. The number of esters is 1. The third-order valence-corrected chi connectivity index (χ3v) is 4.59. The van der Waals surface area contributed by atoms with E-state index in [0.29, 0.717) is 0 Å². The highest BCUT2D eigenvalue weighted by Gasteiger charge is 2.20. The maximum absolute atomic E-state index is 11.9. The summed E-state index contributed by atoms with van der Waals surface area (Å²) in [7, 11) is 0. The van der Waals surface area contributed by atoms with Gasteiger partial charge in [0.05, 0.1) is 11.2 Å². The van der Waals surface area contributed by atoms with Gasteiger partial charge in [-0.15, -0.1) is 0 Å². The van der Waals surface area contributed by atoms with Gasteiger partial charge in [0.25, 0.3) is 5.91 Å². The first kappa shape index (κ1) is 25.4. The molecular formula is C26H21N3O7. The summed E-state index contributed by atoms with van der Waals surface area (Å²) in [5.41, 5.74) is 6.05. The van der Waals surface area contributed by atoms with E-state index in [1.165, 1.54) is 35.6 Å². The minimum atomic E-state index is -0.799. The van der Waals surface area contributed by atoms with Crippen molar-refractivity contribution in [2.75, 3.05) is 0 Å². The predicted octanol–water partition coefficient (Wildman–Crippen LogP) is 4.54. The fraction of sp³-hybridized carbons (Fsp3) is 0.0385. The van der Waals surface area contributed by atoms with E-state index in [-0.39, 0.29) is 17.1 Å². The summed E-state index contributed by atoms with van der Waals surface area (Å²) in [6, 6.07) is 26.9. The second-order valence-electron chi connectivity index (χ2n) is 7.15. The van der Waals surface area contributed by atoms with Crippen LogP contribution < -0.4 is 15.6 Å². The molecule has 2 amide bonds. The number of nitro benzene ring substituents is 1. The van der Waals surface area contributed by atoms with Crippen LogP contribution in [-0.4, -0.2) is 22.7 Å². The van der Waals surface area contributed by atoms with E-state index in [2.05, 4.69) is 59.4 Å². The molecule has 0 fully saturated rings. The molecule has 1 heterocycles. The molecule has 0 atom stereocenters. The molecule has 0 saturated carbocycles. The molecule has 0 aliphatic carbocycles. The number of ether oxygens (including phenoxy) is 1. The Labute approximate surface area is 205 Å². The highest BCUT2D eigenvalue weighted by molar-refractivity contribution is 5.98. The normalized spacial score (nSPS) is 9.81. The lowest BCUT2D eigenvalue weighted by Crippen LogP contribution is -2.41. The Balaban J connectivity index is 0.000000249. The van der Waals surface area contributed by atoms with E-state index in [1.807, 2.05) is 12.1 Å². The Morgan fingerprint density at radius 2 is 1.39 bits per heavy atom. The van der Waals surface area contributed by atoms with Crippen LogP contribution >= 0.6 is 0 Å².